The summed E-state index contributed by atoms with van der Waals surface area (Å²) in [5.41, 5.74) is 0.695. The summed E-state index contributed by atoms with van der Waals surface area (Å²) >= 11 is 0. The molecule has 0 aromatic heterocycles. The van der Waals surface area contributed by atoms with E-state index in [2.05, 4.69) is 23.2 Å². The zero-order valence-corrected chi connectivity index (χ0v) is 15.6. The third kappa shape index (κ3) is 4.27. The van der Waals surface area contributed by atoms with Gasteiger partial charge in [0, 0.05) is 37.7 Å². The number of ether oxygens (including phenoxy) is 2. The number of benzene rings is 1. The van der Waals surface area contributed by atoms with Gasteiger partial charge in [0.05, 0.1) is 19.3 Å². The highest BCUT2D eigenvalue weighted by atomic mass is 16.5. The molecule has 0 aliphatic carbocycles. The zero-order valence-electron chi connectivity index (χ0n) is 15.6. The summed E-state index contributed by atoms with van der Waals surface area (Å²) in [4.78, 5) is 2.44. The quantitative estimate of drug-likeness (QED) is 0.741. The van der Waals surface area contributed by atoms with Crippen LogP contribution in [0.2, 0.25) is 0 Å². The first-order valence-corrected chi connectivity index (χ1v) is 9.60. The van der Waals surface area contributed by atoms with Crippen molar-refractivity contribution in [3.63, 3.8) is 0 Å². The molecular weight excluding hydrogens is 316 g/mol. The molecule has 3 rings (SSSR count). The average molecular weight is 348 g/mol. The first-order valence-electron chi connectivity index (χ1n) is 9.60. The maximum Gasteiger partial charge on any atom is 0.165 e. The van der Waals surface area contributed by atoms with Crippen molar-refractivity contribution in [3.8, 4) is 11.5 Å². The highest BCUT2D eigenvalue weighted by Crippen LogP contribution is 2.36. The second-order valence-electron chi connectivity index (χ2n) is 7.39. The summed E-state index contributed by atoms with van der Waals surface area (Å²) in [7, 11) is 1.69. The average Bonchev–Trinajstić information content (AvgIpc) is 2.63. The molecule has 25 heavy (non-hydrogen) atoms. The van der Waals surface area contributed by atoms with Crippen LogP contribution in [0.15, 0.2) is 18.2 Å². The van der Waals surface area contributed by atoms with E-state index in [1.165, 1.54) is 5.56 Å². The van der Waals surface area contributed by atoms with Crippen LogP contribution in [0.5, 0.6) is 11.5 Å². The van der Waals surface area contributed by atoms with E-state index in [1.807, 2.05) is 12.1 Å². The molecule has 0 bridgehead atoms. The number of aliphatic hydroxyl groups is 1. The predicted octanol–water partition coefficient (Wildman–Crippen LogP) is 2.42. The number of nitrogens with zero attached hydrogens (tertiary/aromatic N) is 1. The van der Waals surface area contributed by atoms with Crippen LogP contribution in [0.4, 0.5) is 0 Å². The number of para-hydroxylation sites is 1. The third-order valence-corrected chi connectivity index (χ3v) is 5.64. The van der Waals surface area contributed by atoms with Crippen LogP contribution < -0.4 is 14.8 Å². The Hall–Kier alpha value is -1.30. The van der Waals surface area contributed by atoms with Crippen molar-refractivity contribution >= 4 is 0 Å². The summed E-state index contributed by atoms with van der Waals surface area (Å²) < 4.78 is 11.6. The van der Waals surface area contributed by atoms with Gasteiger partial charge in [0.1, 0.15) is 0 Å². The molecule has 5 nitrogen and oxygen atoms in total. The maximum absolute atomic E-state index is 10.8. The van der Waals surface area contributed by atoms with Crippen molar-refractivity contribution in [1.29, 1.82) is 0 Å². The van der Waals surface area contributed by atoms with E-state index in [0.29, 0.717) is 5.92 Å². The molecule has 1 aromatic rings. The number of hydrogen-bond acceptors (Lipinski definition) is 5. The fraction of sp³-hybridized carbons (Fsp3) is 0.700. The lowest BCUT2D eigenvalue weighted by atomic mass is 9.76. The van der Waals surface area contributed by atoms with Gasteiger partial charge in [-0.05, 0) is 31.9 Å². The van der Waals surface area contributed by atoms with Gasteiger partial charge in [-0.1, -0.05) is 25.5 Å². The standard InChI is InChI=1S/C20H32N2O3/c1-3-4-12-25-19-16(6-5-7-18(19)24-2)14-22-11-9-20(23)8-10-21-13-17(20)15-22/h5-7,17,21,23H,3-4,8-15H2,1-2H3/t17-,20-/m0/s1. The van der Waals surface area contributed by atoms with E-state index >= 15 is 0 Å². The van der Waals surface area contributed by atoms with E-state index in [1.54, 1.807) is 7.11 Å². The SMILES string of the molecule is CCCCOc1c(CN2CC[C@@]3(O)CCNC[C@H]3C2)cccc1OC. The number of fused-ring (bicyclic) bond motifs is 1. The first-order chi connectivity index (χ1) is 12.2. The van der Waals surface area contributed by atoms with Crippen LogP contribution in [0.25, 0.3) is 0 Å². The van der Waals surface area contributed by atoms with Crippen molar-refractivity contribution in [3.05, 3.63) is 23.8 Å². The topological polar surface area (TPSA) is 54.0 Å². The van der Waals surface area contributed by atoms with Gasteiger partial charge in [-0.3, -0.25) is 4.90 Å². The fourth-order valence-corrected chi connectivity index (χ4v) is 4.01. The van der Waals surface area contributed by atoms with Crippen molar-refractivity contribution in [2.45, 2.75) is 44.8 Å². The maximum atomic E-state index is 10.8. The summed E-state index contributed by atoms with van der Waals surface area (Å²) in [6.07, 6.45) is 3.89. The van der Waals surface area contributed by atoms with Crippen LogP contribution in [0, 0.1) is 5.92 Å². The summed E-state index contributed by atoms with van der Waals surface area (Å²) in [5, 5.41) is 14.3. The largest absolute Gasteiger partial charge is 0.493 e. The normalized spacial score (nSPS) is 26.9. The van der Waals surface area contributed by atoms with Crippen molar-refractivity contribution in [1.82, 2.24) is 10.2 Å². The number of unbranched alkanes of at least 4 members (excludes halogenated alkanes) is 1. The Bertz CT molecular complexity index is 566. The van der Waals surface area contributed by atoms with Gasteiger partial charge in [0.2, 0.25) is 0 Å². The molecule has 2 aliphatic rings. The molecule has 140 valence electrons. The van der Waals surface area contributed by atoms with E-state index in [-0.39, 0.29) is 0 Å². The number of methoxy groups -OCH3 is 1. The highest BCUT2D eigenvalue weighted by Gasteiger charge is 2.42. The minimum Gasteiger partial charge on any atom is -0.493 e. The molecule has 1 aromatic carbocycles. The zero-order chi connectivity index (χ0) is 17.7. The van der Waals surface area contributed by atoms with E-state index < -0.39 is 5.60 Å². The molecule has 2 aliphatic heterocycles. The van der Waals surface area contributed by atoms with Gasteiger partial charge in [0.15, 0.2) is 11.5 Å². The van der Waals surface area contributed by atoms with Gasteiger partial charge >= 0.3 is 0 Å². The minimum absolute atomic E-state index is 0.310. The Morgan fingerprint density at radius 1 is 1.36 bits per heavy atom. The molecular formula is C20H32N2O3. The van der Waals surface area contributed by atoms with E-state index in [0.717, 1.165) is 76.5 Å². The van der Waals surface area contributed by atoms with Gasteiger partial charge in [-0.15, -0.1) is 0 Å². The van der Waals surface area contributed by atoms with E-state index in [9.17, 15) is 5.11 Å². The molecule has 2 atom stereocenters. The van der Waals surface area contributed by atoms with E-state index in [4.69, 9.17) is 9.47 Å². The monoisotopic (exact) mass is 348 g/mol. The molecule has 0 amide bonds. The molecule has 2 N–H and O–H groups in total. The Balaban J connectivity index is 1.69. The van der Waals surface area contributed by atoms with Crippen LogP contribution in [-0.4, -0.2) is 55.5 Å². The smallest absolute Gasteiger partial charge is 0.165 e. The number of hydrogen-bond donors (Lipinski definition) is 2. The van der Waals surface area contributed by atoms with Gasteiger partial charge in [0.25, 0.3) is 0 Å². The minimum atomic E-state index is -0.476. The lowest BCUT2D eigenvalue weighted by molar-refractivity contribution is -0.0900. The lowest BCUT2D eigenvalue weighted by Gasteiger charge is -2.47. The molecule has 0 radical (unpaired) electrons. The predicted molar refractivity (Wildman–Crippen MR) is 99.2 cm³/mol. The summed E-state index contributed by atoms with van der Waals surface area (Å²) in [5.74, 6) is 1.99. The molecule has 5 heteroatoms. The van der Waals surface area contributed by atoms with Crippen LogP contribution >= 0.6 is 0 Å². The Labute approximate surface area is 151 Å². The first kappa shape index (κ1) is 18.5. The lowest BCUT2D eigenvalue weighted by Crippen LogP contribution is -2.58. The Morgan fingerprint density at radius 3 is 3.04 bits per heavy atom. The highest BCUT2D eigenvalue weighted by molar-refractivity contribution is 5.46. The van der Waals surface area contributed by atoms with Crippen molar-refractivity contribution < 1.29 is 14.6 Å². The van der Waals surface area contributed by atoms with Crippen molar-refractivity contribution in [2.24, 2.45) is 5.92 Å². The van der Waals surface area contributed by atoms with Crippen LogP contribution in [-0.2, 0) is 6.54 Å². The van der Waals surface area contributed by atoms with Gasteiger partial charge < -0.3 is 19.9 Å². The number of likely N-dealkylation sites (tertiary alicyclic amines) is 1. The van der Waals surface area contributed by atoms with Gasteiger partial charge in [-0.25, -0.2) is 0 Å². The molecule has 2 fully saturated rings. The van der Waals surface area contributed by atoms with Crippen LogP contribution in [0.3, 0.4) is 0 Å². The Kier molecular flexibility index (Phi) is 6.20. The second-order valence-corrected chi connectivity index (χ2v) is 7.39. The molecule has 0 spiro atoms. The Morgan fingerprint density at radius 2 is 2.24 bits per heavy atom. The van der Waals surface area contributed by atoms with Crippen LogP contribution in [0.1, 0.15) is 38.2 Å². The molecule has 0 unspecified atom stereocenters. The second kappa shape index (κ2) is 8.39. The number of nitrogens with one attached hydrogen (secondary N) is 1. The molecule has 2 heterocycles. The fourth-order valence-electron chi connectivity index (χ4n) is 4.01. The molecule has 0 saturated carbocycles. The molecule has 2 saturated heterocycles. The van der Waals surface area contributed by atoms with Gasteiger partial charge in [-0.2, -0.15) is 0 Å². The number of rotatable bonds is 7. The number of piperidine rings is 2. The third-order valence-electron chi connectivity index (χ3n) is 5.64. The summed E-state index contributed by atoms with van der Waals surface area (Å²) in [6, 6.07) is 6.12. The van der Waals surface area contributed by atoms with Crippen molar-refractivity contribution in [2.75, 3.05) is 39.9 Å². The summed E-state index contributed by atoms with van der Waals surface area (Å²) in [6.45, 7) is 7.41.